The minimum atomic E-state index is -0.456. The van der Waals surface area contributed by atoms with E-state index in [0.29, 0.717) is 39.8 Å². The van der Waals surface area contributed by atoms with Gasteiger partial charge in [0.05, 0.1) is 23.8 Å². The van der Waals surface area contributed by atoms with Crippen molar-refractivity contribution < 1.29 is 19.0 Å². The Bertz CT molecular complexity index is 738. The van der Waals surface area contributed by atoms with Crippen molar-refractivity contribution >= 4 is 33.5 Å². The standard InChI is InChI=1S/C16H13BrClNO4/c17-12-6-11(7-19-8-12)16(20)23-9-10-4-13(18)15-14(5-10)21-2-1-3-22-15/h4-8H,1-3,9H2. The molecule has 0 N–H and O–H groups in total. The van der Waals surface area contributed by atoms with E-state index in [-0.39, 0.29) is 6.61 Å². The number of halogens is 2. The second kappa shape index (κ2) is 7.19. The topological polar surface area (TPSA) is 57.7 Å². The molecule has 1 aliphatic rings. The van der Waals surface area contributed by atoms with E-state index >= 15 is 0 Å². The molecule has 0 saturated heterocycles. The van der Waals surface area contributed by atoms with Crippen molar-refractivity contribution in [1.82, 2.24) is 4.98 Å². The van der Waals surface area contributed by atoms with E-state index in [1.54, 1.807) is 24.4 Å². The third-order valence-electron chi connectivity index (χ3n) is 3.17. The quantitative estimate of drug-likeness (QED) is 0.731. The number of fused-ring (bicyclic) bond motifs is 1. The van der Waals surface area contributed by atoms with Crippen molar-refractivity contribution in [2.75, 3.05) is 13.2 Å². The molecular weight excluding hydrogens is 386 g/mol. The molecular formula is C16H13BrClNO4. The van der Waals surface area contributed by atoms with Gasteiger partial charge in [-0.1, -0.05) is 11.6 Å². The van der Waals surface area contributed by atoms with Gasteiger partial charge in [0.2, 0.25) is 0 Å². The number of rotatable bonds is 3. The fourth-order valence-electron chi connectivity index (χ4n) is 2.12. The second-order valence-corrected chi connectivity index (χ2v) is 6.25. The zero-order valence-electron chi connectivity index (χ0n) is 12.1. The first kappa shape index (κ1) is 16.1. The molecule has 3 rings (SSSR count). The van der Waals surface area contributed by atoms with Gasteiger partial charge in [-0.3, -0.25) is 4.98 Å². The Hall–Kier alpha value is -1.79. The smallest absolute Gasteiger partial charge is 0.340 e. The Kier molecular flexibility index (Phi) is 5.03. The summed E-state index contributed by atoms with van der Waals surface area (Å²) in [4.78, 5) is 16.0. The normalized spacial score (nSPS) is 13.3. The molecule has 1 aromatic heterocycles. The van der Waals surface area contributed by atoms with Gasteiger partial charge in [-0.2, -0.15) is 0 Å². The summed E-state index contributed by atoms with van der Waals surface area (Å²) in [6.07, 6.45) is 3.85. The summed E-state index contributed by atoms with van der Waals surface area (Å²) in [6.45, 7) is 1.22. The van der Waals surface area contributed by atoms with E-state index in [4.69, 9.17) is 25.8 Å². The van der Waals surface area contributed by atoms with Crippen LogP contribution in [0.5, 0.6) is 11.5 Å². The Morgan fingerprint density at radius 2 is 2.09 bits per heavy atom. The lowest BCUT2D eigenvalue weighted by atomic mass is 10.2. The van der Waals surface area contributed by atoms with E-state index in [1.165, 1.54) is 6.20 Å². The molecule has 0 bridgehead atoms. The van der Waals surface area contributed by atoms with Crippen molar-refractivity contribution in [3.8, 4) is 11.5 Å². The average molecular weight is 399 g/mol. The lowest BCUT2D eigenvalue weighted by molar-refractivity contribution is 0.0471. The van der Waals surface area contributed by atoms with E-state index < -0.39 is 5.97 Å². The van der Waals surface area contributed by atoms with Crippen LogP contribution in [0.2, 0.25) is 5.02 Å². The molecule has 0 saturated carbocycles. The minimum Gasteiger partial charge on any atom is -0.489 e. The molecule has 0 radical (unpaired) electrons. The van der Waals surface area contributed by atoms with Crippen LogP contribution in [-0.2, 0) is 11.3 Å². The average Bonchev–Trinajstić information content (AvgIpc) is 2.78. The maximum absolute atomic E-state index is 12.0. The third kappa shape index (κ3) is 3.95. The zero-order valence-corrected chi connectivity index (χ0v) is 14.4. The van der Waals surface area contributed by atoms with Crippen LogP contribution in [0.4, 0.5) is 0 Å². The van der Waals surface area contributed by atoms with Crippen molar-refractivity contribution in [3.63, 3.8) is 0 Å². The fraction of sp³-hybridized carbons (Fsp3) is 0.250. The highest BCUT2D eigenvalue weighted by atomic mass is 79.9. The Labute approximate surface area is 146 Å². The number of carbonyl (C=O) groups excluding carboxylic acids is 1. The highest BCUT2D eigenvalue weighted by Gasteiger charge is 2.16. The van der Waals surface area contributed by atoms with Crippen LogP contribution in [0.3, 0.4) is 0 Å². The van der Waals surface area contributed by atoms with Gasteiger partial charge in [0.25, 0.3) is 0 Å². The Morgan fingerprint density at radius 1 is 1.26 bits per heavy atom. The molecule has 1 aromatic carbocycles. The van der Waals surface area contributed by atoms with E-state index in [1.807, 2.05) is 0 Å². The molecule has 0 fully saturated rings. The van der Waals surface area contributed by atoms with E-state index in [9.17, 15) is 4.79 Å². The molecule has 1 aliphatic heterocycles. The molecule has 2 aromatic rings. The summed E-state index contributed by atoms with van der Waals surface area (Å²) < 4.78 is 17.2. The maximum Gasteiger partial charge on any atom is 0.340 e. The number of aromatic nitrogens is 1. The summed E-state index contributed by atoms with van der Waals surface area (Å²) in [6, 6.07) is 5.14. The van der Waals surface area contributed by atoms with Gasteiger partial charge in [-0.25, -0.2) is 4.79 Å². The van der Waals surface area contributed by atoms with Crippen molar-refractivity contribution in [1.29, 1.82) is 0 Å². The van der Waals surface area contributed by atoms with Gasteiger partial charge in [-0.15, -0.1) is 0 Å². The number of carbonyl (C=O) groups is 1. The molecule has 23 heavy (non-hydrogen) atoms. The van der Waals surface area contributed by atoms with Gasteiger partial charge < -0.3 is 14.2 Å². The van der Waals surface area contributed by atoms with Crippen LogP contribution >= 0.6 is 27.5 Å². The molecule has 120 valence electrons. The molecule has 0 atom stereocenters. The van der Waals surface area contributed by atoms with Crippen molar-refractivity contribution in [3.05, 3.63) is 51.2 Å². The van der Waals surface area contributed by atoms with Gasteiger partial charge in [-0.05, 0) is 39.7 Å². The van der Waals surface area contributed by atoms with Gasteiger partial charge in [0.15, 0.2) is 11.5 Å². The SMILES string of the molecule is O=C(OCc1cc(Cl)c2c(c1)OCCCO2)c1cncc(Br)c1. The molecule has 2 heterocycles. The van der Waals surface area contributed by atoms with Crippen LogP contribution < -0.4 is 9.47 Å². The summed E-state index contributed by atoms with van der Waals surface area (Å²) >= 11 is 9.48. The second-order valence-electron chi connectivity index (χ2n) is 4.92. The summed E-state index contributed by atoms with van der Waals surface area (Å²) in [5, 5.41) is 0.444. The lowest BCUT2D eigenvalue weighted by Crippen LogP contribution is -2.06. The predicted octanol–water partition coefficient (Wildman–Crippen LogP) is 4.02. The maximum atomic E-state index is 12.0. The number of ether oxygens (including phenoxy) is 3. The van der Waals surface area contributed by atoms with Crippen molar-refractivity contribution in [2.24, 2.45) is 0 Å². The van der Waals surface area contributed by atoms with Gasteiger partial charge in [0.1, 0.15) is 6.61 Å². The number of hydrogen-bond acceptors (Lipinski definition) is 5. The van der Waals surface area contributed by atoms with E-state index in [0.717, 1.165) is 12.0 Å². The van der Waals surface area contributed by atoms with Crippen LogP contribution in [0, 0.1) is 0 Å². The third-order valence-corrected chi connectivity index (χ3v) is 3.89. The van der Waals surface area contributed by atoms with Gasteiger partial charge >= 0.3 is 5.97 Å². The fourth-order valence-corrected chi connectivity index (χ4v) is 2.78. The minimum absolute atomic E-state index is 0.0850. The van der Waals surface area contributed by atoms with Crippen LogP contribution in [0.15, 0.2) is 35.1 Å². The zero-order chi connectivity index (χ0) is 16.2. The van der Waals surface area contributed by atoms with Crippen LogP contribution in [0.25, 0.3) is 0 Å². The molecule has 5 nitrogen and oxygen atoms in total. The Morgan fingerprint density at radius 3 is 2.91 bits per heavy atom. The highest BCUT2D eigenvalue weighted by Crippen LogP contribution is 2.38. The largest absolute Gasteiger partial charge is 0.489 e. The molecule has 0 amide bonds. The van der Waals surface area contributed by atoms with E-state index in [2.05, 4.69) is 20.9 Å². The highest BCUT2D eigenvalue weighted by molar-refractivity contribution is 9.10. The number of pyridine rings is 1. The number of benzene rings is 1. The molecule has 7 heteroatoms. The van der Waals surface area contributed by atoms with Crippen LogP contribution in [0.1, 0.15) is 22.3 Å². The van der Waals surface area contributed by atoms with Crippen LogP contribution in [-0.4, -0.2) is 24.2 Å². The number of esters is 1. The monoisotopic (exact) mass is 397 g/mol. The molecule has 0 unspecified atom stereocenters. The first-order valence-electron chi connectivity index (χ1n) is 6.99. The number of hydrogen-bond donors (Lipinski definition) is 0. The Balaban J connectivity index is 1.72. The lowest BCUT2D eigenvalue weighted by Gasteiger charge is -2.12. The first-order valence-corrected chi connectivity index (χ1v) is 8.16. The first-order chi connectivity index (χ1) is 11.1. The summed E-state index contributed by atoms with van der Waals surface area (Å²) in [7, 11) is 0. The summed E-state index contributed by atoms with van der Waals surface area (Å²) in [5.74, 6) is 0.655. The molecule has 0 aliphatic carbocycles. The molecule has 0 spiro atoms. The number of nitrogens with zero attached hydrogens (tertiary/aromatic N) is 1. The predicted molar refractivity (Wildman–Crippen MR) is 88.1 cm³/mol. The summed E-state index contributed by atoms with van der Waals surface area (Å²) in [5.41, 5.74) is 1.11. The van der Waals surface area contributed by atoms with Crippen molar-refractivity contribution in [2.45, 2.75) is 13.0 Å². The van der Waals surface area contributed by atoms with Gasteiger partial charge in [0, 0.05) is 23.3 Å².